The molecule has 0 aliphatic carbocycles. The van der Waals surface area contributed by atoms with Crippen LogP contribution in [0.15, 0.2) is 40.2 Å². The van der Waals surface area contributed by atoms with E-state index in [2.05, 4.69) is 39.5 Å². The van der Waals surface area contributed by atoms with Crippen molar-refractivity contribution < 1.29 is 4.74 Å². The first-order valence-electron chi connectivity index (χ1n) is 4.84. The maximum Gasteiger partial charge on any atom is 0.118 e. The average Bonchev–Trinajstić information content (AvgIpc) is 2.73. The van der Waals surface area contributed by atoms with Crippen molar-refractivity contribution in [3.05, 3.63) is 50.6 Å². The normalized spacial score (nSPS) is 10.9. The van der Waals surface area contributed by atoms with Crippen molar-refractivity contribution in [1.82, 2.24) is 0 Å². The van der Waals surface area contributed by atoms with E-state index in [1.165, 1.54) is 10.4 Å². The molecular formula is C13H11BrOS. The summed E-state index contributed by atoms with van der Waals surface area (Å²) >= 11 is 5.16. The molecule has 1 heterocycles. The van der Waals surface area contributed by atoms with E-state index in [1.54, 1.807) is 18.4 Å². The summed E-state index contributed by atoms with van der Waals surface area (Å²) in [6, 6.07) is 10.1. The molecule has 1 aromatic carbocycles. The first-order chi connectivity index (χ1) is 7.78. The fourth-order valence-corrected chi connectivity index (χ4v) is 2.65. The monoisotopic (exact) mass is 294 g/mol. The molecule has 0 saturated carbocycles. The van der Waals surface area contributed by atoms with Crippen LogP contribution in [0.1, 0.15) is 10.4 Å². The third-order valence-corrected chi connectivity index (χ3v) is 3.80. The first-order valence-corrected chi connectivity index (χ1v) is 6.51. The van der Waals surface area contributed by atoms with Gasteiger partial charge in [-0.2, -0.15) is 0 Å². The van der Waals surface area contributed by atoms with Crippen LogP contribution in [0, 0.1) is 0 Å². The molecule has 0 bridgehead atoms. The number of methoxy groups -OCH3 is 1. The fraction of sp³-hybridized carbons (Fsp3) is 0.0769. The molecule has 3 heteroatoms. The molecule has 0 amide bonds. The van der Waals surface area contributed by atoms with Crippen molar-refractivity contribution in [2.24, 2.45) is 0 Å². The number of benzene rings is 1. The van der Waals surface area contributed by atoms with E-state index >= 15 is 0 Å². The lowest BCUT2D eigenvalue weighted by Gasteiger charge is -1.98. The zero-order chi connectivity index (χ0) is 11.4. The maximum atomic E-state index is 5.11. The highest BCUT2D eigenvalue weighted by Crippen LogP contribution is 2.22. The number of hydrogen-bond donors (Lipinski definition) is 0. The summed E-state index contributed by atoms with van der Waals surface area (Å²) in [6.07, 6.45) is 4.20. The predicted octanol–water partition coefficient (Wildman–Crippen LogP) is 4.69. The second-order valence-corrected chi connectivity index (χ2v) is 5.13. The van der Waals surface area contributed by atoms with Crippen LogP contribution in [0.4, 0.5) is 0 Å². The van der Waals surface area contributed by atoms with Crippen molar-refractivity contribution in [2.75, 3.05) is 7.11 Å². The molecule has 0 aliphatic rings. The highest BCUT2D eigenvalue weighted by Gasteiger charge is 1.93. The summed E-state index contributed by atoms with van der Waals surface area (Å²) in [6.45, 7) is 0. The Balaban J connectivity index is 2.11. The Labute approximate surface area is 108 Å². The lowest BCUT2D eigenvalue weighted by molar-refractivity contribution is 0.415. The van der Waals surface area contributed by atoms with Crippen LogP contribution in [0.2, 0.25) is 0 Å². The minimum Gasteiger partial charge on any atom is -0.497 e. The highest BCUT2D eigenvalue weighted by atomic mass is 79.9. The van der Waals surface area contributed by atoms with Gasteiger partial charge in [0.15, 0.2) is 0 Å². The van der Waals surface area contributed by atoms with Gasteiger partial charge >= 0.3 is 0 Å². The lowest BCUT2D eigenvalue weighted by atomic mass is 10.2. The Morgan fingerprint density at radius 1 is 1.19 bits per heavy atom. The van der Waals surface area contributed by atoms with Gasteiger partial charge in [-0.15, -0.1) is 11.3 Å². The standard InChI is InChI=1S/C13H11BrOS/c1-15-12-5-2-10(3-6-12)4-7-13-8-11(14)9-16-13/h2-9H,1H3/b7-4+. The van der Waals surface area contributed by atoms with Gasteiger partial charge < -0.3 is 4.74 Å². The van der Waals surface area contributed by atoms with Gasteiger partial charge in [-0.1, -0.05) is 18.2 Å². The third-order valence-electron chi connectivity index (χ3n) is 2.14. The quantitative estimate of drug-likeness (QED) is 0.798. The molecule has 82 valence electrons. The Morgan fingerprint density at radius 3 is 2.50 bits per heavy atom. The third kappa shape index (κ3) is 2.97. The molecule has 0 fully saturated rings. The van der Waals surface area contributed by atoms with E-state index in [0.29, 0.717) is 0 Å². The van der Waals surface area contributed by atoms with Crippen molar-refractivity contribution in [3.8, 4) is 5.75 Å². The van der Waals surface area contributed by atoms with Crippen molar-refractivity contribution in [1.29, 1.82) is 0 Å². The van der Waals surface area contributed by atoms with Crippen LogP contribution in [-0.2, 0) is 0 Å². The summed E-state index contributed by atoms with van der Waals surface area (Å²) in [5, 5.41) is 2.08. The second-order valence-electron chi connectivity index (χ2n) is 3.27. The molecule has 0 N–H and O–H groups in total. The van der Waals surface area contributed by atoms with Gasteiger partial charge in [0.2, 0.25) is 0 Å². The molecule has 0 saturated heterocycles. The molecule has 0 unspecified atom stereocenters. The molecule has 1 aromatic heterocycles. The van der Waals surface area contributed by atoms with Crippen molar-refractivity contribution in [3.63, 3.8) is 0 Å². The molecule has 2 rings (SSSR count). The predicted molar refractivity (Wildman–Crippen MR) is 73.9 cm³/mol. The Bertz CT molecular complexity index is 485. The van der Waals surface area contributed by atoms with Crippen LogP contribution < -0.4 is 4.74 Å². The number of rotatable bonds is 3. The Hall–Kier alpha value is -1.06. The topological polar surface area (TPSA) is 9.23 Å². The smallest absolute Gasteiger partial charge is 0.118 e. The largest absolute Gasteiger partial charge is 0.497 e. The van der Waals surface area contributed by atoms with Gasteiger partial charge in [0.05, 0.1) is 7.11 Å². The molecular weight excluding hydrogens is 284 g/mol. The fourth-order valence-electron chi connectivity index (χ4n) is 1.31. The van der Waals surface area contributed by atoms with Gasteiger partial charge in [-0.25, -0.2) is 0 Å². The van der Waals surface area contributed by atoms with Gasteiger partial charge in [0, 0.05) is 14.7 Å². The molecule has 0 radical (unpaired) electrons. The van der Waals surface area contributed by atoms with Gasteiger partial charge in [-0.05, 0) is 45.8 Å². The van der Waals surface area contributed by atoms with Crippen molar-refractivity contribution >= 4 is 39.4 Å². The molecule has 0 spiro atoms. The van der Waals surface area contributed by atoms with E-state index in [4.69, 9.17) is 4.74 Å². The summed E-state index contributed by atoms with van der Waals surface area (Å²) < 4.78 is 6.24. The summed E-state index contributed by atoms with van der Waals surface area (Å²) in [4.78, 5) is 1.24. The SMILES string of the molecule is COc1ccc(/C=C/c2cc(Br)cs2)cc1. The lowest BCUT2D eigenvalue weighted by Crippen LogP contribution is -1.81. The van der Waals surface area contributed by atoms with Crippen LogP contribution in [0.25, 0.3) is 12.2 Å². The van der Waals surface area contributed by atoms with Crippen LogP contribution in [0.3, 0.4) is 0 Å². The van der Waals surface area contributed by atoms with E-state index in [9.17, 15) is 0 Å². The number of hydrogen-bond acceptors (Lipinski definition) is 2. The average molecular weight is 295 g/mol. The number of ether oxygens (including phenoxy) is 1. The first kappa shape index (κ1) is 11.4. The molecule has 0 aliphatic heterocycles. The molecule has 0 atom stereocenters. The van der Waals surface area contributed by atoms with Gasteiger partial charge in [0.25, 0.3) is 0 Å². The zero-order valence-corrected chi connectivity index (χ0v) is 11.2. The van der Waals surface area contributed by atoms with E-state index in [0.717, 1.165) is 10.2 Å². The Kier molecular flexibility index (Phi) is 3.80. The highest BCUT2D eigenvalue weighted by molar-refractivity contribution is 9.10. The van der Waals surface area contributed by atoms with E-state index < -0.39 is 0 Å². The minimum absolute atomic E-state index is 0.885. The van der Waals surface area contributed by atoms with Crippen LogP contribution >= 0.6 is 27.3 Å². The van der Waals surface area contributed by atoms with E-state index in [1.807, 2.05) is 24.3 Å². The summed E-state index contributed by atoms with van der Waals surface area (Å²) in [5.74, 6) is 0.885. The van der Waals surface area contributed by atoms with Gasteiger partial charge in [0.1, 0.15) is 5.75 Å². The van der Waals surface area contributed by atoms with Crippen LogP contribution in [-0.4, -0.2) is 7.11 Å². The maximum absolute atomic E-state index is 5.11. The minimum atomic E-state index is 0.885. The molecule has 16 heavy (non-hydrogen) atoms. The summed E-state index contributed by atoms with van der Waals surface area (Å²) in [5.41, 5.74) is 1.17. The van der Waals surface area contributed by atoms with Crippen LogP contribution in [0.5, 0.6) is 5.75 Å². The second kappa shape index (κ2) is 5.32. The molecule has 2 aromatic rings. The molecule has 1 nitrogen and oxygen atoms in total. The van der Waals surface area contributed by atoms with Gasteiger partial charge in [-0.3, -0.25) is 0 Å². The Morgan fingerprint density at radius 2 is 1.94 bits per heavy atom. The number of halogens is 1. The number of thiophene rings is 1. The zero-order valence-electron chi connectivity index (χ0n) is 8.81. The van der Waals surface area contributed by atoms with E-state index in [-0.39, 0.29) is 0 Å². The van der Waals surface area contributed by atoms with Crippen molar-refractivity contribution in [2.45, 2.75) is 0 Å². The summed E-state index contributed by atoms with van der Waals surface area (Å²) in [7, 11) is 1.67.